The molecule has 2 atom stereocenters. The third-order valence-corrected chi connectivity index (χ3v) is 5.02. The molecule has 32 heavy (non-hydrogen) atoms. The number of H-pyrrole nitrogens is 1. The van der Waals surface area contributed by atoms with Crippen molar-refractivity contribution >= 4 is 34.4 Å². The first kappa shape index (κ1) is 25.0. The molecule has 1 fully saturated rings. The molecule has 1 saturated heterocycles. The topological polar surface area (TPSA) is 120 Å². The average Bonchev–Trinajstić information content (AvgIpc) is 3.38. The maximum Gasteiger partial charge on any atom is 0.268 e. The van der Waals surface area contributed by atoms with Crippen LogP contribution in [0.2, 0.25) is 0 Å². The molecule has 0 radical (unpaired) electrons. The van der Waals surface area contributed by atoms with E-state index in [1.807, 2.05) is 0 Å². The summed E-state index contributed by atoms with van der Waals surface area (Å²) in [6, 6.07) is 5.06. The van der Waals surface area contributed by atoms with Crippen molar-refractivity contribution in [2.24, 2.45) is 5.92 Å². The predicted molar refractivity (Wildman–Crippen MR) is 120 cm³/mol. The molecule has 4 N–H and O–H groups in total. The van der Waals surface area contributed by atoms with Gasteiger partial charge in [0.05, 0.1) is 12.6 Å². The van der Waals surface area contributed by atoms with E-state index in [0.717, 1.165) is 0 Å². The lowest BCUT2D eigenvalue weighted by Gasteiger charge is -2.19. The van der Waals surface area contributed by atoms with Crippen LogP contribution in [0.3, 0.4) is 0 Å². The van der Waals surface area contributed by atoms with Crippen LogP contribution in [0.25, 0.3) is 10.9 Å². The molecule has 1 aromatic carbocycles. The molecule has 174 valence electrons. The highest BCUT2D eigenvalue weighted by atomic mass is 19.1. The Kier molecular flexibility index (Phi) is 9.37. The number of carbonyl (C=O) groups excluding carboxylic acids is 4. The van der Waals surface area contributed by atoms with Gasteiger partial charge in [-0.25, -0.2) is 4.39 Å². The van der Waals surface area contributed by atoms with Crippen molar-refractivity contribution in [1.29, 1.82) is 0 Å². The fourth-order valence-corrected chi connectivity index (χ4v) is 3.41. The Morgan fingerprint density at radius 3 is 2.53 bits per heavy atom. The lowest BCUT2D eigenvalue weighted by Crippen LogP contribution is -2.46. The fourth-order valence-electron chi connectivity index (χ4n) is 3.41. The first-order valence-corrected chi connectivity index (χ1v) is 11.0. The molecule has 0 bridgehead atoms. The number of hydrogen-bond donors (Lipinski definition) is 4. The third-order valence-electron chi connectivity index (χ3n) is 5.02. The average molecular weight is 447 g/mol. The highest BCUT2D eigenvalue weighted by molar-refractivity contribution is 6.00. The third kappa shape index (κ3) is 6.63. The standard InChI is InChI=1S/C20H23FN4O4.C3H8/c1-2-17(26)15(8-11-6-7-22-19(11)28)25-18(27)10-23-20(29)16-9-12-13(21)4-3-5-14(12)24-16;1-3-2/h3-5,9,11,15,24H,2,6-8,10H2,1H3,(H,22,28)(H,23,29)(H,25,27);3H2,1-2H3. The van der Waals surface area contributed by atoms with Gasteiger partial charge in [-0.15, -0.1) is 0 Å². The van der Waals surface area contributed by atoms with E-state index in [1.54, 1.807) is 13.0 Å². The summed E-state index contributed by atoms with van der Waals surface area (Å²) >= 11 is 0. The van der Waals surface area contributed by atoms with E-state index in [1.165, 1.54) is 24.6 Å². The van der Waals surface area contributed by atoms with Crippen LogP contribution in [0.1, 0.15) is 56.9 Å². The van der Waals surface area contributed by atoms with E-state index < -0.39 is 23.7 Å². The van der Waals surface area contributed by atoms with E-state index in [0.29, 0.717) is 18.5 Å². The minimum absolute atomic E-state index is 0.118. The lowest BCUT2D eigenvalue weighted by atomic mass is 9.95. The summed E-state index contributed by atoms with van der Waals surface area (Å²) in [5, 5.41) is 8.04. The van der Waals surface area contributed by atoms with Crippen molar-refractivity contribution in [3.8, 4) is 0 Å². The summed E-state index contributed by atoms with van der Waals surface area (Å²) < 4.78 is 13.7. The van der Waals surface area contributed by atoms with Gasteiger partial charge in [0.15, 0.2) is 5.78 Å². The van der Waals surface area contributed by atoms with Crippen LogP contribution in [0, 0.1) is 11.7 Å². The number of benzene rings is 1. The van der Waals surface area contributed by atoms with Crippen molar-refractivity contribution < 1.29 is 23.6 Å². The molecule has 2 aromatic rings. The number of halogens is 1. The summed E-state index contributed by atoms with van der Waals surface area (Å²) in [5.41, 5.74) is 0.602. The van der Waals surface area contributed by atoms with Gasteiger partial charge in [-0.1, -0.05) is 33.3 Å². The lowest BCUT2D eigenvalue weighted by molar-refractivity contribution is -0.128. The molecule has 3 rings (SSSR count). The second-order valence-electron chi connectivity index (χ2n) is 7.73. The van der Waals surface area contributed by atoms with Gasteiger partial charge in [-0.05, 0) is 31.0 Å². The van der Waals surface area contributed by atoms with Gasteiger partial charge in [0.25, 0.3) is 5.91 Å². The number of aromatic amines is 1. The highest BCUT2D eigenvalue weighted by Crippen LogP contribution is 2.19. The minimum Gasteiger partial charge on any atom is -0.356 e. The van der Waals surface area contributed by atoms with Gasteiger partial charge < -0.3 is 20.9 Å². The van der Waals surface area contributed by atoms with Crippen molar-refractivity contribution in [3.63, 3.8) is 0 Å². The zero-order chi connectivity index (χ0) is 23.7. The normalized spacial score (nSPS) is 16.0. The zero-order valence-electron chi connectivity index (χ0n) is 18.7. The molecule has 0 spiro atoms. The van der Waals surface area contributed by atoms with Gasteiger partial charge in [-0.2, -0.15) is 0 Å². The summed E-state index contributed by atoms with van der Waals surface area (Å²) in [5.74, 6) is -2.16. The maximum atomic E-state index is 13.7. The Hall–Kier alpha value is -3.23. The summed E-state index contributed by atoms with van der Waals surface area (Å²) in [4.78, 5) is 51.2. The number of Topliss-reactive ketones (excluding diaryl/α,β-unsaturated/α-hetero) is 1. The number of rotatable bonds is 8. The SMILES string of the molecule is CCC.CCC(=O)C(CC1CCNC1=O)NC(=O)CNC(=O)c1cc2c(F)cccc2[nH]1. The molecule has 1 aliphatic rings. The molecular weight excluding hydrogens is 415 g/mol. The minimum atomic E-state index is -0.777. The number of hydrogen-bond acceptors (Lipinski definition) is 4. The van der Waals surface area contributed by atoms with Crippen LogP contribution < -0.4 is 16.0 Å². The second-order valence-corrected chi connectivity index (χ2v) is 7.73. The van der Waals surface area contributed by atoms with E-state index in [2.05, 4.69) is 34.8 Å². The molecule has 1 aliphatic heterocycles. The maximum absolute atomic E-state index is 13.7. The van der Waals surface area contributed by atoms with Crippen LogP contribution in [0.4, 0.5) is 4.39 Å². The van der Waals surface area contributed by atoms with E-state index >= 15 is 0 Å². The number of carbonyl (C=O) groups is 4. The number of amides is 3. The Labute approximate surface area is 186 Å². The monoisotopic (exact) mass is 446 g/mol. The molecule has 9 heteroatoms. The van der Waals surface area contributed by atoms with E-state index in [-0.39, 0.29) is 48.1 Å². The van der Waals surface area contributed by atoms with Gasteiger partial charge in [0.2, 0.25) is 11.8 Å². The molecule has 0 aliphatic carbocycles. The predicted octanol–water partition coefficient (Wildman–Crippen LogP) is 2.44. The molecule has 0 saturated carbocycles. The molecule has 2 heterocycles. The van der Waals surface area contributed by atoms with Crippen LogP contribution in [-0.2, 0) is 14.4 Å². The van der Waals surface area contributed by atoms with Crippen LogP contribution >= 0.6 is 0 Å². The first-order chi connectivity index (χ1) is 15.3. The van der Waals surface area contributed by atoms with Crippen molar-refractivity contribution in [1.82, 2.24) is 20.9 Å². The van der Waals surface area contributed by atoms with E-state index in [9.17, 15) is 23.6 Å². The number of ketones is 1. The summed E-state index contributed by atoms with van der Waals surface area (Å²) in [7, 11) is 0. The fraction of sp³-hybridized carbons (Fsp3) is 0.478. The molecule has 3 amide bonds. The summed E-state index contributed by atoms with van der Waals surface area (Å²) in [6.07, 6.45) is 2.33. The van der Waals surface area contributed by atoms with Crippen LogP contribution in [0.15, 0.2) is 24.3 Å². The number of fused-ring (bicyclic) bond motifs is 1. The second kappa shape index (κ2) is 12.0. The van der Waals surface area contributed by atoms with Crippen molar-refractivity contribution in [3.05, 3.63) is 35.8 Å². The van der Waals surface area contributed by atoms with Crippen LogP contribution in [-0.4, -0.2) is 47.6 Å². The Balaban J connectivity index is 0.00000114. The Morgan fingerprint density at radius 2 is 1.94 bits per heavy atom. The molecule has 1 aromatic heterocycles. The smallest absolute Gasteiger partial charge is 0.268 e. The molecule has 2 unspecified atom stereocenters. The zero-order valence-corrected chi connectivity index (χ0v) is 18.7. The molecule has 8 nitrogen and oxygen atoms in total. The summed E-state index contributed by atoms with van der Waals surface area (Å²) in [6.45, 7) is 6.15. The van der Waals surface area contributed by atoms with Gasteiger partial charge >= 0.3 is 0 Å². The largest absolute Gasteiger partial charge is 0.356 e. The number of nitrogens with one attached hydrogen (secondary N) is 4. The van der Waals surface area contributed by atoms with Gasteiger partial charge in [0, 0.05) is 29.8 Å². The Morgan fingerprint density at radius 1 is 1.22 bits per heavy atom. The number of aromatic nitrogens is 1. The first-order valence-electron chi connectivity index (χ1n) is 11.0. The van der Waals surface area contributed by atoms with E-state index in [4.69, 9.17) is 0 Å². The highest BCUT2D eigenvalue weighted by Gasteiger charge is 2.30. The van der Waals surface area contributed by atoms with Crippen LogP contribution in [0.5, 0.6) is 0 Å². The van der Waals surface area contributed by atoms with Gasteiger partial charge in [-0.3, -0.25) is 19.2 Å². The van der Waals surface area contributed by atoms with Crippen molar-refractivity contribution in [2.45, 2.75) is 52.5 Å². The quantitative estimate of drug-likeness (QED) is 0.498. The van der Waals surface area contributed by atoms with Crippen molar-refractivity contribution in [2.75, 3.05) is 13.1 Å². The van der Waals surface area contributed by atoms with Gasteiger partial charge in [0.1, 0.15) is 11.5 Å². The molecular formula is C23H31FN4O4. The Bertz CT molecular complexity index is 972.